The number of benzene rings is 1. The Kier molecular flexibility index (Phi) is 4.28. The molecule has 6 nitrogen and oxygen atoms in total. The van der Waals surface area contributed by atoms with Gasteiger partial charge in [0, 0.05) is 6.20 Å². The molecule has 1 aromatic carbocycles. The summed E-state index contributed by atoms with van der Waals surface area (Å²) < 4.78 is 32.4. The maximum atomic E-state index is 13.5. The van der Waals surface area contributed by atoms with E-state index in [-0.39, 0.29) is 12.2 Å². The van der Waals surface area contributed by atoms with Gasteiger partial charge in [-0.25, -0.2) is 13.8 Å². The third kappa shape index (κ3) is 3.27. The predicted molar refractivity (Wildman–Crippen MR) is 81.4 cm³/mol. The number of hydrogen-bond donors (Lipinski definition) is 0. The average Bonchev–Trinajstić information content (AvgIpc) is 2.90. The second-order valence-corrected chi connectivity index (χ2v) is 4.89. The van der Waals surface area contributed by atoms with Crippen LogP contribution in [0.25, 0.3) is 5.65 Å². The van der Waals surface area contributed by atoms with Crippen LogP contribution < -0.4 is 0 Å². The van der Waals surface area contributed by atoms with Crippen LogP contribution >= 0.6 is 0 Å². The quantitative estimate of drug-likeness (QED) is 0.540. The van der Waals surface area contributed by atoms with Crippen molar-refractivity contribution in [3.8, 4) is 0 Å². The van der Waals surface area contributed by atoms with Gasteiger partial charge < -0.3 is 4.74 Å². The first-order valence-corrected chi connectivity index (χ1v) is 6.97. The average molecular weight is 330 g/mol. The summed E-state index contributed by atoms with van der Waals surface area (Å²) in [6.07, 6.45) is 1.07. The van der Waals surface area contributed by atoms with E-state index in [1.54, 1.807) is 0 Å². The Hall–Kier alpha value is -3.16. The van der Waals surface area contributed by atoms with Crippen LogP contribution in [0.3, 0.4) is 0 Å². The molecule has 0 aliphatic rings. The van der Waals surface area contributed by atoms with E-state index < -0.39 is 17.6 Å². The molecule has 0 aliphatic carbocycles. The fraction of sp³-hybridized carbons (Fsp3) is 0.125. The molecule has 0 atom stereocenters. The molecule has 0 amide bonds. The Morgan fingerprint density at radius 1 is 1.12 bits per heavy atom. The van der Waals surface area contributed by atoms with Gasteiger partial charge in [0.2, 0.25) is 0 Å². The number of pyridine rings is 1. The van der Waals surface area contributed by atoms with E-state index in [2.05, 4.69) is 19.9 Å². The summed E-state index contributed by atoms with van der Waals surface area (Å²) >= 11 is 0. The monoisotopic (exact) mass is 330 g/mol. The van der Waals surface area contributed by atoms with Gasteiger partial charge in [-0.3, -0.25) is 9.20 Å². The highest BCUT2D eigenvalue weighted by Gasteiger charge is 2.16. The van der Waals surface area contributed by atoms with E-state index in [0.29, 0.717) is 17.0 Å². The SMILES string of the molecule is COC(=O)Cc1nc2ccc(F)cn2c1N=Nc1ccc(F)cc1. The van der Waals surface area contributed by atoms with E-state index in [9.17, 15) is 13.6 Å². The smallest absolute Gasteiger partial charge is 0.311 e. The van der Waals surface area contributed by atoms with Crippen molar-refractivity contribution in [1.82, 2.24) is 9.38 Å². The van der Waals surface area contributed by atoms with Crippen LogP contribution in [-0.2, 0) is 16.0 Å². The second kappa shape index (κ2) is 6.53. The fourth-order valence-corrected chi connectivity index (χ4v) is 2.10. The molecule has 0 N–H and O–H groups in total. The molecule has 3 rings (SSSR count). The summed E-state index contributed by atoms with van der Waals surface area (Å²) in [6, 6.07) is 8.11. The van der Waals surface area contributed by atoms with Crippen molar-refractivity contribution < 1.29 is 18.3 Å². The normalized spacial score (nSPS) is 11.3. The summed E-state index contributed by atoms with van der Waals surface area (Å²) in [6.45, 7) is 0. The number of carbonyl (C=O) groups is 1. The largest absolute Gasteiger partial charge is 0.469 e. The number of esters is 1. The van der Waals surface area contributed by atoms with Gasteiger partial charge in [-0.15, -0.1) is 10.2 Å². The first kappa shape index (κ1) is 15.7. The van der Waals surface area contributed by atoms with Gasteiger partial charge in [0.1, 0.15) is 17.3 Å². The number of methoxy groups -OCH3 is 1. The van der Waals surface area contributed by atoms with Crippen LogP contribution in [0.1, 0.15) is 5.69 Å². The van der Waals surface area contributed by atoms with Crippen molar-refractivity contribution in [3.63, 3.8) is 0 Å². The van der Waals surface area contributed by atoms with Crippen LogP contribution in [0.5, 0.6) is 0 Å². The maximum Gasteiger partial charge on any atom is 0.311 e. The Balaban J connectivity index is 2.05. The van der Waals surface area contributed by atoms with Gasteiger partial charge in [0.05, 0.1) is 24.9 Å². The minimum absolute atomic E-state index is 0.127. The molecule has 3 aromatic rings. The van der Waals surface area contributed by atoms with Crippen LogP contribution in [0, 0.1) is 11.6 Å². The van der Waals surface area contributed by atoms with Gasteiger partial charge in [-0.05, 0) is 36.4 Å². The van der Waals surface area contributed by atoms with E-state index in [0.717, 1.165) is 0 Å². The third-order valence-electron chi connectivity index (χ3n) is 3.25. The molecule has 122 valence electrons. The molecule has 8 heteroatoms. The summed E-state index contributed by atoms with van der Waals surface area (Å²) in [5, 5.41) is 8.04. The molecular weight excluding hydrogens is 318 g/mol. The van der Waals surface area contributed by atoms with E-state index >= 15 is 0 Å². The van der Waals surface area contributed by atoms with Gasteiger partial charge in [0.15, 0.2) is 5.82 Å². The number of imidazole rings is 1. The van der Waals surface area contributed by atoms with Gasteiger partial charge >= 0.3 is 5.97 Å². The number of fused-ring (bicyclic) bond motifs is 1. The fourth-order valence-electron chi connectivity index (χ4n) is 2.10. The van der Waals surface area contributed by atoms with Crippen LogP contribution in [0.15, 0.2) is 52.8 Å². The molecule has 0 aliphatic heterocycles. The number of aromatic nitrogens is 2. The lowest BCUT2D eigenvalue weighted by Gasteiger charge is -1.99. The lowest BCUT2D eigenvalue weighted by molar-refractivity contribution is -0.139. The highest BCUT2D eigenvalue weighted by Crippen LogP contribution is 2.25. The van der Waals surface area contributed by atoms with Crippen molar-refractivity contribution in [2.75, 3.05) is 7.11 Å². The van der Waals surface area contributed by atoms with Crippen LogP contribution in [-0.4, -0.2) is 22.5 Å². The molecule has 2 heterocycles. The predicted octanol–water partition coefficient (Wildman–Crippen LogP) is 3.74. The summed E-state index contributed by atoms with van der Waals surface area (Å²) in [5.74, 6) is -1.17. The van der Waals surface area contributed by atoms with Crippen LogP contribution in [0.2, 0.25) is 0 Å². The standard InChI is InChI=1S/C16H12F2N4O2/c1-24-15(23)8-13-16(21-20-12-5-2-10(17)3-6-12)22-9-11(18)4-7-14(22)19-13/h2-7,9H,8H2,1H3. The topological polar surface area (TPSA) is 68.3 Å². The number of azo groups is 1. The highest BCUT2D eigenvalue weighted by molar-refractivity contribution is 5.74. The summed E-state index contributed by atoms with van der Waals surface area (Å²) in [4.78, 5) is 15.8. The number of rotatable bonds is 4. The molecular formula is C16H12F2N4O2. The molecule has 0 radical (unpaired) electrons. The van der Waals surface area contributed by atoms with Crippen molar-refractivity contribution in [2.24, 2.45) is 10.2 Å². The Morgan fingerprint density at radius 2 is 1.83 bits per heavy atom. The molecule has 2 aromatic heterocycles. The van der Waals surface area contributed by atoms with Gasteiger partial charge in [-0.1, -0.05) is 0 Å². The summed E-state index contributed by atoms with van der Waals surface area (Å²) in [5.41, 5.74) is 1.13. The zero-order valence-corrected chi connectivity index (χ0v) is 12.6. The molecule has 24 heavy (non-hydrogen) atoms. The molecule has 0 fully saturated rings. The van der Waals surface area contributed by atoms with Gasteiger partial charge in [0.25, 0.3) is 0 Å². The third-order valence-corrected chi connectivity index (χ3v) is 3.25. The first-order chi connectivity index (χ1) is 11.6. The van der Waals surface area contributed by atoms with Crippen molar-refractivity contribution in [2.45, 2.75) is 6.42 Å². The zero-order chi connectivity index (χ0) is 17.1. The highest BCUT2D eigenvalue weighted by atomic mass is 19.1. The molecule has 0 unspecified atom stereocenters. The molecule has 0 bridgehead atoms. The number of ether oxygens (including phenoxy) is 1. The number of nitrogens with zero attached hydrogens (tertiary/aromatic N) is 4. The Morgan fingerprint density at radius 3 is 2.54 bits per heavy atom. The molecule has 0 saturated carbocycles. The minimum atomic E-state index is -0.503. The number of halogens is 2. The van der Waals surface area contributed by atoms with E-state index in [4.69, 9.17) is 0 Å². The van der Waals surface area contributed by atoms with Crippen molar-refractivity contribution in [1.29, 1.82) is 0 Å². The lowest BCUT2D eigenvalue weighted by atomic mass is 10.3. The Labute approximate surface area is 135 Å². The lowest BCUT2D eigenvalue weighted by Crippen LogP contribution is -2.04. The van der Waals surface area contributed by atoms with Crippen molar-refractivity contribution >= 4 is 23.1 Å². The first-order valence-electron chi connectivity index (χ1n) is 6.97. The molecule has 0 spiro atoms. The van der Waals surface area contributed by atoms with E-state index in [1.807, 2.05) is 0 Å². The Bertz CT molecular complexity index is 920. The summed E-state index contributed by atoms with van der Waals surface area (Å²) in [7, 11) is 1.26. The van der Waals surface area contributed by atoms with E-state index in [1.165, 1.54) is 54.1 Å². The second-order valence-electron chi connectivity index (χ2n) is 4.89. The minimum Gasteiger partial charge on any atom is -0.469 e. The molecule has 0 saturated heterocycles. The van der Waals surface area contributed by atoms with Gasteiger partial charge in [-0.2, -0.15) is 0 Å². The van der Waals surface area contributed by atoms with Crippen molar-refractivity contribution in [3.05, 3.63) is 59.9 Å². The zero-order valence-electron chi connectivity index (χ0n) is 12.6. The van der Waals surface area contributed by atoms with Crippen LogP contribution in [0.4, 0.5) is 20.3 Å². The number of hydrogen-bond acceptors (Lipinski definition) is 5. The maximum absolute atomic E-state index is 13.5. The number of carbonyl (C=O) groups excluding carboxylic acids is 1.